The number of carbonyl (C=O) groups is 1. The minimum Gasteiger partial charge on any atom is -0.493 e. The van der Waals surface area contributed by atoms with Gasteiger partial charge in [-0.25, -0.2) is 0 Å². The van der Waals surface area contributed by atoms with E-state index in [2.05, 4.69) is 13.5 Å². The topological polar surface area (TPSA) is 54.0 Å². The number of carbonyl (C=O) groups excluding carboxylic acids is 1. The fourth-order valence-electron chi connectivity index (χ4n) is 3.58. The maximum absolute atomic E-state index is 12.6. The molecule has 1 aromatic carbocycles. The number of fused-ring (bicyclic) bond motifs is 1. The molecule has 3 atom stereocenters. The van der Waals surface area contributed by atoms with E-state index in [1.165, 1.54) is 0 Å². The van der Waals surface area contributed by atoms with E-state index in [9.17, 15) is 4.79 Å². The molecule has 1 saturated heterocycles. The molecule has 0 bridgehead atoms. The number of benzene rings is 1. The van der Waals surface area contributed by atoms with Crippen LogP contribution in [0.3, 0.4) is 0 Å². The lowest BCUT2D eigenvalue weighted by Crippen LogP contribution is -2.39. The third-order valence-electron chi connectivity index (χ3n) is 5.10. The molecular weight excluding hydrogens is 332 g/mol. The second kappa shape index (κ2) is 7.00. The lowest BCUT2D eigenvalue weighted by Gasteiger charge is -2.29. The van der Waals surface area contributed by atoms with E-state index in [-0.39, 0.29) is 17.8 Å². The normalized spacial score (nSPS) is 27.2. The van der Waals surface area contributed by atoms with Gasteiger partial charge < -0.3 is 18.9 Å². The Labute approximate surface area is 153 Å². The lowest BCUT2D eigenvalue weighted by atomic mass is 9.82. The van der Waals surface area contributed by atoms with Gasteiger partial charge >= 0.3 is 0 Å². The molecule has 2 aliphatic rings. The zero-order valence-corrected chi connectivity index (χ0v) is 15.6. The number of hydrogen-bond donors (Lipinski definition) is 0. The molecule has 138 valence electrons. The SMILES string of the molecule is C=CC[C@]1(OC)C=C2C(=CC1=O)O[C@H](c1ccc(OC)c(OC)c1)[C@H]2C. The van der Waals surface area contributed by atoms with E-state index in [0.717, 1.165) is 11.1 Å². The third-order valence-corrected chi connectivity index (χ3v) is 5.10. The molecule has 1 heterocycles. The molecule has 5 nitrogen and oxygen atoms in total. The average molecular weight is 356 g/mol. The average Bonchev–Trinajstić information content (AvgIpc) is 2.97. The Kier molecular flexibility index (Phi) is 4.92. The van der Waals surface area contributed by atoms with Crippen molar-refractivity contribution in [2.75, 3.05) is 21.3 Å². The lowest BCUT2D eigenvalue weighted by molar-refractivity contribution is -0.130. The summed E-state index contributed by atoms with van der Waals surface area (Å²) in [5.41, 5.74) is 0.948. The van der Waals surface area contributed by atoms with Gasteiger partial charge in [-0.3, -0.25) is 4.79 Å². The Balaban J connectivity index is 1.98. The number of ether oxygens (including phenoxy) is 4. The van der Waals surface area contributed by atoms with Gasteiger partial charge in [-0.2, -0.15) is 0 Å². The molecule has 1 fully saturated rings. The van der Waals surface area contributed by atoms with Crippen LogP contribution in [0, 0.1) is 5.92 Å². The van der Waals surface area contributed by atoms with Crippen LogP contribution >= 0.6 is 0 Å². The van der Waals surface area contributed by atoms with Gasteiger partial charge in [0.15, 0.2) is 22.9 Å². The first-order valence-corrected chi connectivity index (χ1v) is 8.53. The van der Waals surface area contributed by atoms with Gasteiger partial charge in [-0.15, -0.1) is 6.58 Å². The van der Waals surface area contributed by atoms with E-state index >= 15 is 0 Å². The molecule has 1 aliphatic carbocycles. The molecule has 0 amide bonds. The van der Waals surface area contributed by atoms with Gasteiger partial charge in [0, 0.05) is 31.1 Å². The summed E-state index contributed by atoms with van der Waals surface area (Å²) in [6.07, 6.45) is 5.33. The third kappa shape index (κ3) is 2.82. The highest BCUT2D eigenvalue weighted by molar-refractivity contribution is 6.01. The Morgan fingerprint density at radius 1 is 1.23 bits per heavy atom. The molecule has 0 spiro atoms. The summed E-state index contributed by atoms with van der Waals surface area (Å²) in [7, 11) is 4.75. The van der Waals surface area contributed by atoms with Crippen molar-refractivity contribution in [1.82, 2.24) is 0 Å². The number of allylic oxidation sites excluding steroid dienone is 1. The molecule has 0 saturated carbocycles. The zero-order chi connectivity index (χ0) is 18.9. The van der Waals surface area contributed by atoms with Crippen LogP contribution in [0.5, 0.6) is 11.5 Å². The minimum atomic E-state index is -0.995. The summed E-state index contributed by atoms with van der Waals surface area (Å²) >= 11 is 0. The highest BCUT2D eigenvalue weighted by atomic mass is 16.5. The number of rotatable bonds is 6. The predicted octanol–water partition coefficient (Wildman–Crippen LogP) is 3.77. The van der Waals surface area contributed by atoms with Gasteiger partial charge in [0.25, 0.3) is 0 Å². The van der Waals surface area contributed by atoms with Crippen LogP contribution in [0.1, 0.15) is 25.0 Å². The summed E-state index contributed by atoms with van der Waals surface area (Å²) in [5, 5.41) is 0. The molecular formula is C21H24O5. The van der Waals surface area contributed by atoms with Gasteiger partial charge in [-0.05, 0) is 23.8 Å². The van der Waals surface area contributed by atoms with Gasteiger partial charge in [-0.1, -0.05) is 19.1 Å². The summed E-state index contributed by atoms with van der Waals surface area (Å²) < 4.78 is 22.4. The number of ketones is 1. The summed E-state index contributed by atoms with van der Waals surface area (Å²) in [5.74, 6) is 1.86. The summed E-state index contributed by atoms with van der Waals surface area (Å²) in [4.78, 5) is 12.6. The maximum atomic E-state index is 12.6. The monoisotopic (exact) mass is 356 g/mol. The number of hydrogen-bond acceptors (Lipinski definition) is 5. The van der Waals surface area contributed by atoms with Crippen molar-refractivity contribution in [1.29, 1.82) is 0 Å². The fraction of sp³-hybridized carbons (Fsp3) is 0.381. The Morgan fingerprint density at radius 2 is 1.96 bits per heavy atom. The predicted molar refractivity (Wildman–Crippen MR) is 98.3 cm³/mol. The van der Waals surface area contributed by atoms with Crippen molar-refractivity contribution < 1.29 is 23.7 Å². The van der Waals surface area contributed by atoms with Crippen molar-refractivity contribution in [2.24, 2.45) is 5.92 Å². The second-order valence-corrected chi connectivity index (χ2v) is 6.50. The fourth-order valence-corrected chi connectivity index (χ4v) is 3.58. The van der Waals surface area contributed by atoms with Crippen molar-refractivity contribution in [3.63, 3.8) is 0 Å². The van der Waals surface area contributed by atoms with Crippen LogP contribution in [0.15, 0.2) is 54.3 Å². The first-order valence-electron chi connectivity index (χ1n) is 8.53. The van der Waals surface area contributed by atoms with Crippen molar-refractivity contribution >= 4 is 5.78 Å². The Hall–Kier alpha value is -2.53. The zero-order valence-electron chi connectivity index (χ0n) is 15.6. The van der Waals surface area contributed by atoms with E-state index in [1.54, 1.807) is 33.5 Å². The quantitative estimate of drug-likeness (QED) is 0.727. The highest BCUT2D eigenvalue weighted by Gasteiger charge is 2.45. The van der Waals surface area contributed by atoms with Gasteiger partial charge in [0.05, 0.1) is 14.2 Å². The van der Waals surface area contributed by atoms with E-state index in [4.69, 9.17) is 18.9 Å². The first kappa shape index (κ1) is 18.3. The van der Waals surface area contributed by atoms with E-state index in [1.807, 2.05) is 24.3 Å². The molecule has 0 unspecified atom stereocenters. The van der Waals surface area contributed by atoms with Gasteiger partial charge in [0.2, 0.25) is 0 Å². The molecule has 0 aromatic heterocycles. The molecule has 3 rings (SSSR count). The summed E-state index contributed by atoms with van der Waals surface area (Å²) in [6, 6.07) is 5.72. The largest absolute Gasteiger partial charge is 0.493 e. The van der Waals surface area contributed by atoms with Crippen LogP contribution in [-0.4, -0.2) is 32.7 Å². The number of methoxy groups -OCH3 is 3. The van der Waals surface area contributed by atoms with Crippen molar-refractivity contribution in [3.8, 4) is 11.5 Å². The molecule has 1 aromatic rings. The van der Waals surface area contributed by atoms with Crippen LogP contribution in [-0.2, 0) is 14.3 Å². The van der Waals surface area contributed by atoms with Crippen LogP contribution in [0.25, 0.3) is 0 Å². The van der Waals surface area contributed by atoms with E-state index in [0.29, 0.717) is 23.7 Å². The molecule has 1 aliphatic heterocycles. The first-order chi connectivity index (χ1) is 12.5. The van der Waals surface area contributed by atoms with Crippen molar-refractivity contribution in [3.05, 3.63) is 59.9 Å². The highest BCUT2D eigenvalue weighted by Crippen LogP contribution is 2.48. The molecule has 26 heavy (non-hydrogen) atoms. The van der Waals surface area contributed by atoms with Crippen molar-refractivity contribution in [2.45, 2.75) is 25.0 Å². The Bertz CT molecular complexity index is 792. The second-order valence-electron chi connectivity index (χ2n) is 6.50. The summed E-state index contributed by atoms with van der Waals surface area (Å²) in [6.45, 7) is 5.83. The van der Waals surface area contributed by atoms with Crippen LogP contribution in [0.4, 0.5) is 0 Å². The minimum absolute atomic E-state index is 0.0618. The van der Waals surface area contributed by atoms with Crippen LogP contribution < -0.4 is 9.47 Å². The molecule has 0 N–H and O–H groups in total. The standard InChI is InChI=1S/C21H24O5/c1-6-9-21(25-5)12-15-13(2)20(26-17(15)11-19(21)22)14-7-8-16(23-3)18(10-14)24-4/h6-8,10-13,20H,1,9H2,2-5H3/t13-,20-,21-/m0/s1. The maximum Gasteiger partial charge on any atom is 0.195 e. The van der Waals surface area contributed by atoms with Crippen LogP contribution in [0.2, 0.25) is 0 Å². The van der Waals surface area contributed by atoms with Gasteiger partial charge in [0.1, 0.15) is 11.9 Å². The molecule has 0 radical (unpaired) electrons. The Morgan fingerprint density at radius 3 is 2.58 bits per heavy atom. The molecule has 5 heteroatoms. The smallest absolute Gasteiger partial charge is 0.195 e. The van der Waals surface area contributed by atoms with E-state index < -0.39 is 5.60 Å².